The average molecular weight is 285 g/mol. The van der Waals surface area contributed by atoms with Gasteiger partial charge in [-0.2, -0.15) is 5.10 Å². The fourth-order valence-corrected chi connectivity index (χ4v) is 2.82. The Labute approximate surface area is 126 Å². The second-order valence-electron chi connectivity index (χ2n) is 5.63. The molecule has 0 bridgehead atoms. The Kier molecular flexibility index (Phi) is 3.97. The van der Waals surface area contributed by atoms with E-state index in [2.05, 4.69) is 37.5 Å². The van der Waals surface area contributed by atoms with Gasteiger partial charge in [0.05, 0.1) is 18.5 Å². The fraction of sp³-hybridized carbons (Fsp3) is 0.471. The monoisotopic (exact) mass is 285 g/mol. The Bertz CT molecular complexity index is 616. The number of hydrogen-bond acceptors (Lipinski definition) is 3. The number of rotatable bonds is 6. The lowest BCUT2D eigenvalue weighted by atomic mass is 10.0. The van der Waals surface area contributed by atoms with Gasteiger partial charge in [0.1, 0.15) is 5.75 Å². The minimum absolute atomic E-state index is 0.217. The molecule has 3 rings (SSSR count). The lowest BCUT2D eigenvalue weighted by molar-refractivity contribution is 0.401. The van der Waals surface area contributed by atoms with Crippen LogP contribution in [-0.2, 0) is 0 Å². The van der Waals surface area contributed by atoms with Gasteiger partial charge in [0, 0.05) is 23.7 Å². The number of ether oxygens (including phenoxy) is 1. The van der Waals surface area contributed by atoms with E-state index >= 15 is 0 Å². The van der Waals surface area contributed by atoms with Crippen LogP contribution in [0.5, 0.6) is 5.75 Å². The summed E-state index contributed by atoms with van der Waals surface area (Å²) in [6.45, 7) is 5.20. The number of methoxy groups -OCH3 is 1. The molecule has 0 amide bonds. The van der Waals surface area contributed by atoms with Crippen LogP contribution in [-0.4, -0.2) is 23.4 Å². The van der Waals surface area contributed by atoms with E-state index in [-0.39, 0.29) is 6.04 Å². The predicted octanol–water partition coefficient (Wildman–Crippen LogP) is 3.43. The number of nitrogens with one attached hydrogen (secondary N) is 1. The Morgan fingerprint density at radius 3 is 2.86 bits per heavy atom. The molecular formula is C17H23N3O. The van der Waals surface area contributed by atoms with Crippen molar-refractivity contribution < 1.29 is 4.74 Å². The van der Waals surface area contributed by atoms with Crippen molar-refractivity contribution in [2.75, 3.05) is 13.7 Å². The van der Waals surface area contributed by atoms with Gasteiger partial charge in [0.2, 0.25) is 0 Å². The first kappa shape index (κ1) is 14.1. The van der Waals surface area contributed by atoms with Gasteiger partial charge < -0.3 is 10.1 Å². The maximum atomic E-state index is 5.56. The van der Waals surface area contributed by atoms with Crippen LogP contribution in [0, 0.1) is 0 Å². The van der Waals surface area contributed by atoms with E-state index < -0.39 is 0 Å². The Balaban J connectivity index is 2.02. The van der Waals surface area contributed by atoms with Crippen LogP contribution >= 0.6 is 0 Å². The Morgan fingerprint density at radius 2 is 2.19 bits per heavy atom. The first-order valence-corrected chi connectivity index (χ1v) is 7.70. The summed E-state index contributed by atoms with van der Waals surface area (Å²) in [5.41, 5.74) is 3.46. The van der Waals surface area contributed by atoms with E-state index in [0.29, 0.717) is 5.92 Å². The van der Waals surface area contributed by atoms with E-state index in [1.54, 1.807) is 7.11 Å². The van der Waals surface area contributed by atoms with Crippen molar-refractivity contribution in [1.82, 2.24) is 15.1 Å². The van der Waals surface area contributed by atoms with Crippen molar-refractivity contribution in [3.8, 4) is 11.4 Å². The largest absolute Gasteiger partial charge is 0.496 e. The molecule has 1 fully saturated rings. The zero-order valence-corrected chi connectivity index (χ0v) is 13.0. The van der Waals surface area contributed by atoms with Crippen LogP contribution < -0.4 is 10.1 Å². The third kappa shape index (κ3) is 2.81. The maximum absolute atomic E-state index is 5.56. The molecule has 1 N–H and O–H groups in total. The van der Waals surface area contributed by atoms with Crippen molar-refractivity contribution in [3.63, 3.8) is 0 Å². The van der Waals surface area contributed by atoms with Crippen molar-refractivity contribution in [1.29, 1.82) is 0 Å². The predicted molar refractivity (Wildman–Crippen MR) is 84.2 cm³/mol. The SMILES string of the molecule is CCNC(C)c1c(OC)cccc1-n1ccc(C2CC2)n1. The molecule has 0 radical (unpaired) electrons. The summed E-state index contributed by atoms with van der Waals surface area (Å²) in [6.07, 6.45) is 4.61. The second kappa shape index (κ2) is 5.90. The summed E-state index contributed by atoms with van der Waals surface area (Å²) < 4.78 is 7.55. The van der Waals surface area contributed by atoms with Gasteiger partial charge in [-0.05, 0) is 44.5 Å². The molecule has 1 aliphatic carbocycles. The van der Waals surface area contributed by atoms with Crippen LogP contribution in [0.1, 0.15) is 49.9 Å². The van der Waals surface area contributed by atoms with Gasteiger partial charge in [-0.15, -0.1) is 0 Å². The number of nitrogens with zero attached hydrogens (tertiary/aromatic N) is 2. The zero-order chi connectivity index (χ0) is 14.8. The van der Waals surface area contributed by atoms with E-state index in [1.807, 2.05) is 16.8 Å². The summed E-state index contributed by atoms with van der Waals surface area (Å²) in [6, 6.07) is 8.50. The molecular weight excluding hydrogens is 262 g/mol. The van der Waals surface area contributed by atoms with Crippen LogP contribution in [0.4, 0.5) is 0 Å². The topological polar surface area (TPSA) is 39.1 Å². The van der Waals surface area contributed by atoms with Crippen molar-refractivity contribution >= 4 is 0 Å². The first-order valence-electron chi connectivity index (χ1n) is 7.70. The molecule has 1 aromatic heterocycles. The Hall–Kier alpha value is -1.81. The fourth-order valence-electron chi connectivity index (χ4n) is 2.82. The summed E-state index contributed by atoms with van der Waals surface area (Å²) in [4.78, 5) is 0. The Morgan fingerprint density at radius 1 is 1.38 bits per heavy atom. The molecule has 21 heavy (non-hydrogen) atoms. The van der Waals surface area contributed by atoms with Gasteiger partial charge in [-0.1, -0.05) is 13.0 Å². The number of aromatic nitrogens is 2. The van der Waals surface area contributed by atoms with E-state index in [4.69, 9.17) is 9.84 Å². The molecule has 0 spiro atoms. The summed E-state index contributed by atoms with van der Waals surface area (Å²) in [5.74, 6) is 1.58. The minimum atomic E-state index is 0.217. The smallest absolute Gasteiger partial charge is 0.125 e. The van der Waals surface area contributed by atoms with Crippen LogP contribution in [0.25, 0.3) is 5.69 Å². The lowest BCUT2D eigenvalue weighted by Crippen LogP contribution is -2.20. The maximum Gasteiger partial charge on any atom is 0.125 e. The summed E-state index contributed by atoms with van der Waals surface area (Å²) >= 11 is 0. The third-order valence-corrected chi connectivity index (χ3v) is 4.06. The first-order chi connectivity index (χ1) is 10.2. The second-order valence-corrected chi connectivity index (χ2v) is 5.63. The van der Waals surface area contributed by atoms with Crippen LogP contribution in [0.15, 0.2) is 30.5 Å². The number of hydrogen-bond donors (Lipinski definition) is 1. The molecule has 112 valence electrons. The highest BCUT2D eigenvalue weighted by Gasteiger charge is 2.26. The van der Waals surface area contributed by atoms with Crippen molar-refractivity contribution in [2.45, 2.75) is 38.6 Å². The molecule has 1 saturated carbocycles. The third-order valence-electron chi connectivity index (χ3n) is 4.06. The molecule has 1 heterocycles. The van der Waals surface area contributed by atoms with Crippen LogP contribution in [0.2, 0.25) is 0 Å². The lowest BCUT2D eigenvalue weighted by Gasteiger charge is -2.20. The quantitative estimate of drug-likeness (QED) is 0.884. The summed E-state index contributed by atoms with van der Waals surface area (Å²) in [5, 5.41) is 8.22. The molecule has 4 heteroatoms. The molecule has 1 unspecified atom stereocenters. The van der Waals surface area contributed by atoms with Gasteiger partial charge in [0.25, 0.3) is 0 Å². The highest BCUT2D eigenvalue weighted by atomic mass is 16.5. The van der Waals surface area contributed by atoms with Crippen molar-refractivity contribution in [3.05, 3.63) is 41.7 Å². The molecule has 0 aliphatic heterocycles. The van der Waals surface area contributed by atoms with Gasteiger partial charge in [-0.3, -0.25) is 0 Å². The van der Waals surface area contributed by atoms with E-state index in [9.17, 15) is 0 Å². The zero-order valence-electron chi connectivity index (χ0n) is 13.0. The minimum Gasteiger partial charge on any atom is -0.496 e. The normalized spacial score (nSPS) is 16.0. The molecule has 0 saturated heterocycles. The van der Waals surface area contributed by atoms with E-state index in [1.165, 1.54) is 18.5 Å². The molecule has 4 nitrogen and oxygen atoms in total. The van der Waals surface area contributed by atoms with Crippen LogP contribution in [0.3, 0.4) is 0 Å². The molecule has 1 aromatic carbocycles. The average Bonchev–Trinajstić information content (AvgIpc) is 3.24. The van der Waals surface area contributed by atoms with Gasteiger partial charge >= 0.3 is 0 Å². The van der Waals surface area contributed by atoms with Gasteiger partial charge in [-0.25, -0.2) is 4.68 Å². The highest BCUT2D eigenvalue weighted by Crippen LogP contribution is 2.39. The molecule has 1 aliphatic rings. The number of benzene rings is 1. The van der Waals surface area contributed by atoms with Crippen molar-refractivity contribution in [2.24, 2.45) is 0 Å². The molecule has 2 aromatic rings. The van der Waals surface area contributed by atoms with E-state index in [0.717, 1.165) is 23.5 Å². The highest BCUT2D eigenvalue weighted by molar-refractivity contribution is 5.51. The molecule has 1 atom stereocenters. The summed E-state index contributed by atoms with van der Waals surface area (Å²) in [7, 11) is 1.72. The van der Waals surface area contributed by atoms with Gasteiger partial charge in [0.15, 0.2) is 0 Å². The standard InChI is InChI=1S/C17H23N3O/c1-4-18-12(2)17-15(6-5-7-16(17)21-3)20-11-10-14(19-20)13-8-9-13/h5-7,10-13,18H,4,8-9H2,1-3H3.